The van der Waals surface area contributed by atoms with E-state index in [1.807, 2.05) is 0 Å². The third kappa shape index (κ3) is 2.23. The second kappa shape index (κ2) is 3.32. The van der Waals surface area contributed by atoms with Crippen LogP contribution >= 0.6 is 0 Å². The molecule has 1 N–H and O–H groups in total. The van der Waals surface area contributed by atoms with Gasteiger partial charge in [0, 0.05) is 12.5 Å². The molecule has 0 aliphatic heterocycles. The minimum absolute atomic E-state index is 0.308. The van der Waals surface area contributed by atoms with Crippen molar-refractivity contribution >= 4 is 5.91 Å². The van der Waals surface area contributed by atoms with Gasteiger partial charge in [-0.1, -0.05) is 13.3 Å². The first-order valence-corrected chi connectivity index (χ1v) is 5.53. The van der Waals surface area contributed by atoms with Gasteiger partial charge in [0.15, 0.2) is 0 Å². The Morgan fingerprint density at radius 2 is 2.15 bits per heavy atom. The Balaban J connectivity index is 1.69. The Morgan fingerprint density at radius 1 is 1.46 bits per heavy atom. The molecule has 0 aromatic rings. The summed E-state index contributed by atoms with van der Waals surface area (Å²) in [5, 5.41) is 3.09. The van der Waals surface area contributed by atoms with E-state index in [0.29, 0.717) is 17.2 Å². The van der Waals surface area contributed by atoms with Gasteiger partial charge in [-0.2, -0.15) is 0 Å². The normalized spacial score (nSPS) is 24.1. The summed E-state index contributed by atoms with van der Waals surface area (Å²) in [4.78, 5) is 11.4. The highest BCUT2D eigenvalue weighted by atomic mass is 16.2. The van der Waals surface area contributed by atoms with Gasteiger partial charge >= 0.3 is 0 Å². The first-order chi connectivity index (χ1) is 6.26. The molecule has 2 heteroatoms. The standard InChI is InChI=1S/C11H19NO/c1-2-5-11(6-7-11)8-12-10(13)9-3-4-9/h9H,2-8H2,1H3,(H,12,13). The lowest BCUT2D eigenvalue weighted by Gasteiger charge is -2.14. The molecule has 0 heterocycles. The fourth-order valence-corrected chi connectivity index (χ4v) is 1.99. The van der Waals surface area contributed by atoms with Crippen LogP contribution in [0.3, 0.4) is 0 Å². The summed E-state index contributed by atoms with van der Waals surface area (Å²) in [7, 11) is 0. The Hall–Kier alpha value is -0.530. The molecular weight excluding hydrogens is 162 g/mol. The van der Waals surface area contributed by atoms with Crippen LogP contribution < -0.4 is 5.32 Å². The van der Waals surface area contributed by atoms with E-state index in [1.165, 1.54) is 25.7 Å². The molecule has 0 saturated heterocycles. The largest absolute Gasteiger partial charge is 0.355 e. The van der Waals surface area contributed by atoms with E-state index < -0.39 is 0 Å². The Kier molecular flexibility index (Phi) is 2.31. The van der Waals surface area contributed by atoms with Gasteiger partial charge in [-0.15, -0.1) is 0 Å². The van der Waals surface area contributed by atoms with Crippen molar-refractivity contribution in [2.75, 3.05) is 6.54 Å². The van der Waals surface area contributed by atoms with Gasteiger partial charge in [-0.25, -0.2) is 0 Å². The summed E-state index contributed by atoms with van der Waals surface area (Å²) in [6.45, 7) is 3.17. The van der Waals surface area contributed by atoms with Crippen LogP contribution in [0.1, 0.15) is 45.4 Å². The summed E-state index contributed by atoms with van der Waals surface area (Å²) >= 11 is 0. The third-order valence-corrected chi connectivity index (χ3v) is 3.32. The second-order valence-electron chi connectivity index (χ2n) is 4.74. The lowest BCUT2D eigenvalue weighted by molar-refractivity contribution is -0.122. The molecule has 1 amide bonds. The van der Waals surface area contributed by atoms with Crippen LogP contribution in [0.4, 0.5) is 0 Å². The van der Waals surface area contributed by atoms with E-state index in [-0.39, 0.29) is 0 Å². The van der Waals surface area contributed by atoms with Crippen LogP contribution in [0.15, 0.2) is 0 Å². The monoisotopic (exact) mass is 181 g/mol. The summed E-state index contributed by atoms with van der Waals surface area (Å²) < 4.78 is 0. The number of amides is 1. The molecule has 2 aliphatic carbocycles. The summed E-state index contributed by atoms with van der Waals surface area (Å²) in [5.41, 5.74) is 0.513. The molecule has 0 radical (unpaired) electrons. The maximum Gasteiger partial charge on any atom is 0.223 e. The smallest absolute Gasteiger partial charge is 0.223 e. The Morgan fingerprint density at radius 3 is 2.62 bits per heavy atom. The lowest BCUT2D eigenvalue weighted by atomic mass is 10.0. The lowest BCUT2D eigenvalue weighted by Crippen LogP contribution is -2.31. The number of carbonyl (C=O) groups excluding carboxylic acids is 1. The second-order valence-corrected chi connectivity index (χ2v) is 4.74. The number of hydrogen-bond donors (Lipinski definition) is 1. The van der Waals surface area contributed by atoms with Crippen molar-refractivity contribution < 1.29 is 4.79 Å². The number of rotatable bonds is 5. The number of carbonyl (C=O) groups is 1. The molecule has 0 spiro atoms. The molecule has 0 aromatic heterocycles. The predicted molar refractivity (Wildman–Crippen MR) is 52.3 cm³/mol. The van der Waals surface area contributed by atoms with E-state index in [0.717, 1.165) is 19.4 Å². The fourth-order valence-electron chi connectivity index (χ4n) is 1.99. The number of hydrogen-bond acceptors (Lipinski definition) is 1. The molecule has 2 saturated carbocycles. The predicted octanol–water partition coefficient (Wildman–Crippen LogP) is 2.09. The zero-order chi connectivity index (χ0) is 9.31. The van der Waals surface area contributed by atoms with Gasteiger partial charge in [0.25, 0.3) is 0 Å². The molecule has 0 aromatic carbocycles. The zero-order valence-electron chi connectivity index (χ0n) is 8.44. The average Bonchev–Trinajstić information content (AvgIpc) is 2.97. The van der Waals surface area contributed by atoms with Crippen molar-refractivity contribution in [3.05, 3.63) is 0 Å². The highest BCUT2D eigenvalue weighted by Gasteiger charge is 2.42. The van der Waals surface area contributed by atoms with E-state index in [1.54, 1.807) is 0 Å². The molecule has 74 valence electrons. The molecule has 2 nitrogen and oxygen atoms in total. The van der Waals surface area contributed by atoms with Crippen LogP contribution in [0.25, 0.3) is 0 Å². The summed E-state index contributed by atoms with van der Waals surface area (Å²) in [5.74, 6) is 0.680. The van der Waals surface area contributed by atoms with Crippen molar-refractivity contribution in [1.82, 2.24) is 5.32 Å². The molecule has 2 rings (SSSR count). The molecular formula is C11H19NO. The van der Waals surface area contributed by atoms with E-state index in [9.17, 15) is 4.79 Å². The Labute approximate surface area is 80.1 Å². The molecule has 2 aliphatic rings. The van der Waals surface area contributed by atoms with E-state index >= 15 is 0 Å². The minimum atomic E-state index is 0.308. The van der Waals surface area contributed by atoms with Crippen molar-refractivity contribution in [1.29, 1.82) is 0 Å². The fraction of sp³-hybridized carbons (Fsp3) is 0.909. The quantitative estimate of drug-likeness (QED) is 0.691. The topological polar surface area (TPSA) is 29.1 Å². The average molecular weight is 181 g/mol. The van der Waals surface area contributed by atoms with Crippen LogP contribution in [0.5, 0.6) is 0 Å². The summed E-state index contributed by atoms with van der Waals surface area (Å²) in [6, 6.07) is 0. The van der Waals surface area contributed by atoms with Gasteiger partial charge in [0.2, 0.25) is 5.91 Å². The van der Waals surface area contributed by atoms with Gasteiger partial charge in [0.05, 0.1) is 0 Å². The van der Waals surface area contributed by atoms with Crippen LogP contribution in [-0.4, -0.2) is 12.5 Å². The first kappa shape index (κ1) is 9.04. The Bertz CT molecular complexity index is 204. The van der Waals surface area contributed by atoms with E-state index in [4.69, 9.17) is 0 Å². The molecule has 2 fully saturated rings. The van der Waals surface area contributed by atoms with Gasteiger partial charge in [-0.05, 0) is 37.5 Å². The highest BCUT2D eigenvalue weighted by molar-refractivity contribution is 5.80. The molecule has 13 heavy (non-hydrogen) atoms. The molecule has 0 bridgehead atoms. The third-order valence-electron chi connectivity index (χ3n) is 3.32. The molecule has 0 atom stereocenters. The summed E-state index contributed by atoms with van der Waals surface area (Å²) in [6.07, 6.45) is 7.42. The number of nitrogens with one attached hydrogen (secondary N) is 1. The SMILES string of the molecule is CCCC1(CNC(=O)C2CC2)CC1. The highest BCUT2D eigenvalue weighted by Crippen LogP contribution is 2.49. The van der Waals surface area contributed by atoms with Crippen LogP contribution in [-0.2, 0) is 4.79 Å². The minimum Gasteiger partial charge on any atom is -0.355 e. The van der Waals surface area contributed by atoms with Crippen molar-refractivity contribution in [2.24, 2.45) is 11.3 Å². The van der Waals surface area contributed by atoms with Gasteiger partial charge in [-0.3, -0.25) is 4.79 Å². The maximum absolute atomic E-state index is 11.4. The van der Waals surface area contributed by atoms with Crippen molar-refractivity contribution in [2.45, 2.75) is 45.4 Å². The molecule has 0 unspecified atom stereocenters. The van der Waals surface area contributed by atoms with Crippen LogP contribution in [0.2, 0.25) is 0 Å². The van der Waals surface area contributed by atoms with Crippen molar-refractivity contribution in [3.8, 4) is 0 Å². The van der Waals surface area contributed by atoms with Gasteiger partial charge < -0.3 is 5.32 Å². The maximum atomic E-state index is 11.4. The van der Waals surface area contributed by atoms with Gasteiger partial charge in [0.1, 0.15) is 0 Å². The first-order valence-electron chi connectivity index (χ1n) is 5.53. The van der Waals surface area contributed by atoms with Crippen LogP contribution in [0, 0.1) is 11.3 Å². The van der Waals surface area contributed by atoms with Crippen molar-refractivity contribution in [3.63, 3.8) is 0 Å². The van der Waals surface area contributed by atoms with E-state index in [2.05, 4.69) is 12.2 Å². The zero-order valence-corrected chi connectivity index (χ0v) is 8.44.